The van der Waals surface area contributed by atoms with Crippen molar-refractivity contribution in [1.29, 1.82) is 5.26 Å². The maximum atomic E-state index is 11.2. The number of carbonyl (C=O) groups is 1. The van der Waals surface area contributed by atoms with Crippen LogP contribution in [0.5, 0.6) is 0 Å². The molecule has 0 saturated carbocycles. The van der Waals surface area contributed by atoms with E-state index in [4.69, 9.17) is 5.26 Å². The highest BCUT2D eigenvalue weighted by atomic mass is 16.1. The standard InChI is InChI=1S/C10H13N3O/c1-7-9(5-11)8(6-13(2)3)4-10(14)12-7/h6H,4H2,1-3H3,(H,12,14)/b8-6+. The summed E-state index contributed by atoms with van der Waals surface area (Å²) in [7, 11) is 3.73. The predicted octanol–water partition coefficient (Wildman–Crippen LogP) is 0.749. The van der Waals surface area contributed by atoms with Crippen molar-refractivity contribution in [2.24, 2.45) is 0 Å². The fourth-order valence-electron chi connectivity index (χ4n) is 1.40. The normalized spacial score (nSPS) is 19.3. The van der Waals surface area contributed by atoms with Crippen LogP contribution < -0.4 is 5.32 Å². The molecule has 0 saturated heterocycles. The van der Waals surface area contributed by atoms with Crippen LogP contribution in [0, 0.1) is 11.3 Å². The number of nitrogens with zero attached hydrogens (tertiary/aromatic N) is 2. The Morgan fingerprint density at radius 1 is 1.57 bits per heavy atom. The number of nitrogens with one attached hydrogen (secondary N) is 1. The van der Waals surface area contributed by atoms with Crippen molar-refractivity contribution in [1.82, 2.24) is 10.2 Å². The highest BCUT2D eigenvalue weighted by molar-refractivity contribution is 5.84. The van der Waals surface area contributed by atoms with Crippen LogP contribution in [0.2, 0.25) is 0 Å². The largest absolute Gasteiger partial charge is 0.383 e. The Morgan fingerprint density at radius 2 is 2.21 bits per heavy atom. The number of hydrogen-bond acceptors (Lipinski definition) is 3. The summed E-state index contributed by atoms with van der Waals surface area (Å²) in [5, 5.41) is 11.6. The molecular weight excluding hydrogens is 178 g/mol. The van der Waals surface area contributed by atoms with E-state index in [0.29, 0.717) is 11.3 Å². The first kappa shape index (κ1) is 10.3. The molecule has 1 amide bonds. The molecule has 0 atom stereocenters. The first-order valence-corrected chi connectivity index (χ1v) is 4.33. The van der Waals surface area contributed by atoms with Gasteiger partial charge in [-0.05, 0) is 12.5 Å². The minimum atomic E-state index is -0.0606. The molecule has 4 nitrogen and oxygen atoms in total. The van der Waals surface area contributed by atoms with Crippen LogP contribution in [0.1, 0.15) is 13.3 Å². The highest BCUT2D eigenvalue weighted by Gasteiger charge is 2.19. The fourth-order valence-corrected chi connectivity index (χ4v) is 1.40. The van der Waals surface area contributed by atoms with Gasteiger partial charge in [0.1, 0.15) is 6.07 Å². The molecule has 0 radical (unpaired) electrons. The van der Waals surface area contributed by atoms with Crippen molar-refractivity contribution in [3.8, 4) is 6.07 Å². The maximum Gasteiger partial charge on any atom is 0.228 e. The molecule has 74 valence electrons. The number of carbonyl (C=O) groups excluding carboxylic acids is 1. The van der Waals surface area contributed by atoms with Crippen LogP contribution in [0.3, 0.4) is 0 Å². The van der Waals surface area contributed by atoms with Gasteiger partial charge >= 0.3 is 0 Å². The second kappa shape index (κ2) is 3.97. The molecule has 0 spiro atoms. The Hall–Kier alpha value is -1.76. The lowest BCUT2D eigenvalue weighted by Crippen LogP contribution is -2.28. The summed E-state index contributed by atoms with van der Waals surface area (Å²) < 4.78 is 0. The number of nitriles is 1. The zero-order chi connectivity index (χ0) is 10.7. The van der Waals surface area contributed by atoms with Crippen LogP contribution in [-0.2, 0) is 4.79 Å². The molecular formula is C10H13N3O. The Bertz CT molecular complexity index is 358. The first-order chi connectivity index (χ1) is 6.54. The van der Waals surface area contributed by atoms with E-state index < -0.39 is 0 Å². The molecule has 0 aromatic rings. The van der Waals surface area contributed by atoms with Gasteiger partial charge in [0.25, 0.3) is 0 Å². The molecule has 0 fully saturated rings. The number of amides is 1. The third-order valence-electron chi connectivity index (χ3n) is 1.90. The van der Waals surface area contributed by atoms with E-state index >= 15 is 0 Å². The van der Waals surface area contributed by atoms with Gasteiger partial charge in [0.05, 0.1) is 12.0 Å². The lowest BCUT2D eigenvalue weighted by atomic mass is 9.99. The zero-order valence-electron chi connectivity index (χ0n) is 8.59. The van der Waals surface area contributed by atoms with Gasteiger partial charge in [-0.1, -0.05) is 0 Å². The molecule has 0 unspecified atom stereocenters. The maximum absolute atomic E-state index is 11.2. The molecule has 1 aliphatic heterocycles. The van der Waals surface area contributed by atoms with Gasteiger partial charge in [-0.3, -0.25) is 4.79 Å². The van der Waals surface area contributed by atoms with Crippen molar-refractivity contribution in [2.75, 3.05) is 14.1 Å². The van der Waals surface area contributed by atoms with Gasteiger partial charge in [0.2, 0.25) is 5.91 Å². The number of hydrogen-bond donors (Lipinski definition) is 1. The van der Waals surface area contributed by atoms with Gasteiger partial charge in [-0.25, -0.2) is 0 Å². The summed E-state index contributed by atoms with van der Waals surface area (Å²) in [5.41, 5.74) is 1.98. The SMILES string of the molecule is CC1=C(C#N)/C(=C/N(C)C)CC(=O)N1. The van der Waals surface area contributed by atoms with E-state index in [1.54, 1.807) is 13.1 Å². The molecule has 0 bridgehead atoms. The van der Waals surface area contributed by atoms with Crippen molar-refractivity contribution in [3.63, 3.8) is 0 Å². The monoisotopic (exact) mass is 191 g/mol. The fraction of sp³-hybridized carbons (Fsp3) is 0.400. The van der Waals surface area contributed by atoms with E-state index in [-0.39, 0.29) is 12.3 Å². The van der Waals surface area contributed by atoms with Crippen molar-refractivity contribution < 1.29 is 4.79 Å². The first-order valence-electron chi connectivity index (χ1n) is 4.33. The molecule has 14 heavy (non-hydrogen) atoms. The van der Waals surface area contributed by atoms with E-state index in [2.05, 4.69) is 11.4 Å². The summed E-state index contributed by atoms with van der Waals surface area (Å²) in [6, 6.07) is 2.10. The van der Waals surface area contributed by atoms with E-state index in [9.17, 15) is 4.79 Å². The lowest BCUT2D eigenvalue weighted by molar-refractivity contribution is -0.119. The topological polar surface area (TPSA) is 56.1 Å². The molecule has 1 aliphatic rings. The average molecular weight is 191 g/mol. The summed E-state index contributed by atoms with van der Waals surface area (Å²) in [4.78, 5) is 13.0. The van der Waals surface area contributed by atoms with Gasteiger partial charge in [0.15, 0.2) is 0 Å². The van der Waals surface area contributed by atoms with E-state index in [1.807, 2.05) is 19.0 Å². The summed E-state index contributed by atoms with van der Waals surface area (Å²) in [5.74, 6) is -0.0606. The van der Waals surface area contributed by atoms with Gasteiger partial charge < -0.3 is 10.2 Å². The zero-order valence-corrected chi connectivity index (χ0v) is 8.59. The summed E-state index contributed by atoms with van der Waals surface area (Å²) in [6.45, 7) is 1.74. The van der Waals surface area contributed by atoms with Crippen LogP contribution in [0.15, 0.2) is 23.0 Å². The molecule has 4 heteroatoms. The van der Waals surface area contributed by atoms with Crippen LogP contribution in [0.25, 0.3) is 0 Å². The van der Waals surface area contributed by atoms with Crippen molar-refractivity contribution >= 4 is 5.91 Å². The number of rotatable bonds is 1. The van der Waals surface area contributed by atoms with Gasteiger partial charge in [0, 0.05) is 26.0 Å². The van der Waals surface area contributed by atoms with Crippen LogP contribution in [0.4, 0.5) is 0 Å². The minimum Gasteiger partial charge on any atom is -0.383 e. The molecule has 1 N–H and O–H groups in total. The van der Waals surface area contributed by atoms with E-state index in [0.717, 1.165) is 5.57 Å². The van der Waals surface area contributed by atoms with Crippen LogP contribution in [-0.4, -0.2) is 24.9 Å². The smallest absolute Gasteiger partial charge is 0.228 e. The molecule has 0 aromatic heterocycles. The van der Waals surface area contributed by atoms with E-state index in [1.165, 1.54) is 0 Å². The Kier molecular flexibility index (Phi) is 2.92. The molecule has 1 heterocycles. The lowest BCUT2D eigenvalue weighted by Gasteiger charge is -2.18. The Morgan fingerprint density at radius 3 is 2.71 bits per heavy atom. The minimum absolute atomic E-state index is 0.0606. The summed E-state index contributed by atoms with van der Waals surface area (Å²) in [6.07, 6.45) is 2.08. The average Bonchev–Trinajstić information content (AvgIpc) is 2.01. The third kappa shape index (κ3) is 2.13. The number of allylic oxidation sites excluding steroid dienone is 2. The molecule has 0 aromatic carbocycles. The second-order valence-corrected chi connectivity index (χ2v) is 3.45. The Balaban J connectivity index is 3.12. The van der Waals surface area contributed by atoms with Crippen LogP contribution >= 0.6 is 0 Å². The predicted molar refractivity (Wildman–Crippen MR) is 52.8 cm³/mol. The van der Waals surface area contributed by atoms with Gasteiger partial charge in [-0.15, -0.1) is 0 Å². The highest BCUT2D eigenvalue weighted by Crippen LogP contribution is 2.21. The second-order valence-electron chi connectivity index (χ2n) is 3.45. The molecule has 1 rings (SSSR count). The van der Waals surface area contributed by atoms with Crippen molar-refractivity contribution in [2.45, 2.75) is 13.3 Å². The Labute approximate surface area is 83.5 Å². The van der Waals surface area contributed by atoms with Gasteiger partial charge in [-0.2, -0.15) is 5.26 Å². The quantitative estimate of drug-likeness (QED) is 0.665. The van der Waals surface area contributed by atoms with Crippen molar-refractivity contribution in [3.05, 3.63) is 23.0 Å². The summed E-state index contributed by atoms with van der Waals surface area (Å²) >= 11 is 0. The third-order valence-corrected chi connectivity index (χ3v) is 1.90. The molecule has 0 aliphatic carbocycles.